The Kier molecular flexibility index (Phi) is 3.89. The number of fused-ring (bicyclic) bond motifs is 1. The van der Waals surface area contributed by atoms with Crippen LogP contribution in [0.15, 0.2) is 18.2 Å². The molecule has 1 aromatic carbocycles. The van der Waals surface area contributed by atoms with Crippen LogP contribution in [0.1, 0.15) is 31.9 Å². The van der Waals surface area contributed by atoms with Crippen molar-refractivity contribution < 1.29 is 19.4 Å². The summed E-state index contributed by atoms with van der Waals surface area (Å²) < 4.78 is 5.97. The fourth-order valence-electron chi connectivity index (χ4n) is 2.94. The first-order valence-electron chi connectivity index (χ1n) is 7.69. The summed E-state index contributed by atoms with van der Waals surface area (Å²) in [5.41, 5.74) is 0.867. The summed E-state index contributed by atoms with van der Waals surface area (Å²) >= 11 is 0. The van der Waals surface area contributed by atoms with Gasteiger partial charge in [0, 0.05) is 25.1 Å². The number of imide groups is 1. The Labute approximate surface area is 134 Å². The van der Waals surface area contributed by atoms with Gasteiger partial charge in [-0.25, -0.2) is 4.79 Å². The number of hydrogen-bond acceptors (Lipinski definition) is 5. The van der Waals surface area contributed by atoms with Gasteiger partial charge in [0.25, 0.3) is 0 Å². The lowest BCUT2D eigenvalue weighted by Gasteiger charge is -2.36. The molecule has 2 heterocycles. The highest BCUT2D eigenvalue weighted by molar-refractivity contribution is 5.97. The van der Waals surface area contributed by atoms with E-state index in [9.17, 15) is 14.7 Å². The van der Waals surface area contributed by atoms with Gasteiger partial charge in [0.1, 0.15) is 11.4 Å². The van der Waals surface area contributed by atoms with Crippen LogP contribution in [0.3, 0.4) is 0 Å². The minimum Gasteiger partial charge on any atom is -0.485 e. The van der Waals surface area contributed by atoms with Crippen molar-refractivity contribution in [2.75, 3.05) is 25.0 Å². The van der Waals surface area contributed by atoms with Gasteiger partial charge in [-0.05, 0) is 19.9 Å². The van der Waals surface area contributed by atoms with Gasteiger partial charge < -0.3 is 20.5 Å². The number of benzene rings is 1. The van der Waals surface area contributed by atoms with E-state index in [4.69, 9.17) is 4.74 Å². The highest BCUT2D eigenvalue weighted by atomic mass is 16.5. The Balaban J connectivity index is 1.75. The molecule has 1 saturated heterocycles. The van der Waals surface area contributed by atoms with Crippen LogP contribution in [0, 0.1) is 0 Å². The van der Waals surface area contributed by atoms with Crippen molar-refractivity contribution in [1.29, 1.82) is 0 Å². The zero-order valence-corrected chi connectivity index (χ0v) is 13.3. The third-order valence-corrected chi connectivity index (χ3v) is 4.06. The number of nitrogens with zero attached hydrogens (tertiary/aromatic N) is 1. The first-order valence-corrected chi connectivity index (χ1v) is 7.69. The molecule has 2 aliphatic rings. The fourth-order valence-corrected chi connectivity index (χ4v) is 2.94. The maximum atomic E-state index is 12.1. The summed E-state index contributed by atoms with van der Waals surface area (Å²) in [7, 11) is 0. The zero-order chi connectivity index (χ0) is 16.6. The molecule has 124 valence electrons. The van der Waals surface area contributed by atoms with Gasteiger partial charge in [-0.15, -0.1) is 0 Å². The van der Waals surface area contributed by atoms with Crippen LogP contribution in [0.2, 0.25) is 0 Å². The molecule has 0 saturated carbocycles. The molecule has 0 bridgehead atoms. The van der Waals surface area contributed by atoms with Gasteiger partial charge >= 0.3 is 6.03 Å². The largest absolute Gasteiger partial charge is 0.485 e. The lowest BCUT2D eigenvalue weighted by atomic mass is 9.91. The highest BCUT2D eigenvalue weighted by Gasteiger charge is 2.34. The number of carbonyl (C=O) groups excluding carboxylic acids is 2. The first-order chi connectivity index (χ1) is 10.9. The zero-order valence-electron chi connectivity index (χ0n) is 13.3. The molecule has 0 aromatic heterocycles. The molecular weight excluding hydrogens is 298 g/mol. The number of urea groups is 1. The van der Waals surface area contributed by atoms with Gasteiger partial charge in [0.2, 0.25) is 5.91 Å². The Bertz CT molecular complexity index is 644. The molecule has 3 amide bonds. The van der Waals surface area contributed by atoms with Gasteiger partial charge in [0.05, 0.1) is 18.3 Å². The molecule has 23 heavy (non-hydrogen) atoms. The monoisotopic (exact) mass is 319 g/mol. The smallest absolute Gasteiger partial charge is 0.324 e. The molecule has 0 aliphatic carbocycles. The molecule has 2 aliphatic heterocycles. The van der Waals surface area contributed by atoms with Gasteiger partial charge in [-0.3, -0.25) is 9.69 Å². The third-order valence-electron chi connectivity index (χ3n) is 4.06. The Morgan fingerprint density at radius 2 is 2.30 bits per heavy atom. The maximum absolute atomic E-state index is 12.1. The van der Waals surface area contributed by atoms with Crippen LogP contribution in [0.25, 0.3) is 0 Å². The van der Waals surface area contributed by atoms with Crippen LogP contribution in [-0.4, -0.2) is 47.2 Å². The predicted octanol–water partition coefficient (Wildman–Crippen LogP) is 1.24. The molecule has 1 atom stereocenters. The summed E-state index contributed by atoms with van der Waals surface area (Å²) in [5.74, 6) is 0.267. The van der Waals surface area contributed by atoms with Crippen LogP contribution in [0.5, 0.6) is 5.75 Å². The van der Waals surface area contributed by atoms with E-state index in [0.717, 1.165) is 0 Å². The summed E-state index contributed by atoms with van der Waals surface area (Å²) in [5, 5.41) is 15.9. The number of hydrogen-bond donors (Lipinski definition) is 3. The quantitative estimate of drug-likeness (QED) is 0.780. The number of anilines is 1. The van der Waals surface area contributed by atoms with Crippen molar-refractivity contribution in [1.82, 2.24) is 10.2 Å². The van der Waals surface area contributed by atoms with E-state index >= 15 is 0 Å². The summed E-state index contributed by atoms with van der Waals surface area (Å²) in [6.07, 6.45) is -0.0911. The van der Waals surface area contributed by atoms with Crippen LogP contribution in [-0.2, 0) is 4.79 Å². The maximum Gasteiger partial charge on any atom is 0.324 e. The van der Waals surface area contributed by atoms with Crippen molar-refractivity contribution in [2.24, 2.45) is 0 Å². The number of carbonyl (C=O) groups is 2. The van der Waals surface area contributed by atoms with E-state index in [2.05, 4.69) is 10.6 Å². The SMILES string of the molecule is CC1(C)CC(O)c2cccc(NCC(=O)N3CCNC3=O)c2O1. The summed E-state index contributed by atoms with van der Waals surface area (Å²) in [6.45, 7) is 4.68. The van der Waals surface area contributed by atoms with Crippen molar-refractivity contribution in [3.63, 3.8) is 0 Å². The molecule has 1 fully saturated rings. The molecule has 3 rings (SSSR count). The van der Waals surface area contributed by atoms with Crippen molar-refractivity contribution in [3.05, 3.63) is 23.8 Å². The molecule has 0 spiro atoms. The van der Waals surface area contributed by atoms with Crippen LogP contribution >= 0.6 is 0 Å². The minimum atomic E-state index is -0.601. The molecule has 0 radical (unpaired) electrons. The normalized spacial score (nSPS) is 22.1. The van der Waals surface area contributed by atoms with E-state index < -0.39 is 11.7 Å². The van der Waals surface area contributed by atoms with E-state index in [0.29, 0.717) is 36.5 Å². The van der Waals surface area contributed by atoms with Gasteiger partial charge in [-0.2, -0.15) is 0 Å². The van der Waals surface area contributed by atoms with Crippen LogP contribution in [0.4, 0.5) is 10.5 Å². The van der Waals surface area contributed by atoms with Crippen molar-refractivity contribution in [2.45, 2.75) is 32.0 Å². The van der Waals surface area contributed by atoms with E-state index in [1.165, 1.54) is 4.90 Å². The molecule has 1 aromatic rings. The average molecular weight is 319 g/mol. The topological polar surface area (TPSA) is 90.9 Å². The second kappa shape index (κ2) is 5.73. The van der Waals surface area contributed by atoms with Gasteiger partial charge in [-0.1, -0.05) is 12.1 Å². The lowest BCUT2D eigenvalue weighted by Crippen LogP contribution is -2.38. The number of ether oxygens (including phenoxy) is 1. The van der Waals surface area contributed by atoms with Crippen LogP contribution < -0.4 is 15.4 Å². The second-order valence-electron chi connectivity index (χ2n) is 6.44. The number of aliphatic hydroxyl groups excluding tert-OH is 1. The van der Waals surface area contributed by atoms with Gasteiger partial charge in [0.15, 0.2) is 0 Å². The summed E-state index contributed by atoms with van der Waals surface area (Å²) in [4.78, 5) is 24.8. The molecule has 7 heteroatoms. The van der Waals surface area contributed by atoms with E-state index in [1.807, 2.05) is 19.9 Å². The standard InChI is InChI=1S/C16H21N3O4/c1-16(2)8-12(20)10-4-3-5-11(14(10)23-16)18-9-13(21)19-7-6-17-15(19)22/h3-5,12,18,20H,6-9H2,1-2H3,(H,17,22). The Morgan fingerprint density at radius 1 is 1.52 bits per heavy atom. The highest BCUT2D eigenvalue weighted by Crippen LogP contribution is 2.43. The van der Waals surface area contributed by atoms with Crippen molar-refractivity contribution >= 4 is 17.6 Å². The third kappa shape index (κ3) is 3.10. The minimum absolute atomic E-state index is 0.0102. The Hall–Kier alpha value is -2.28. The first kappa shape index (κ1) is 15.6. The average Bonchev–Trinajstić information content (AvgIpc) is 2.90. The summed E-state index contributed by atoms with van der Waals surface area (Å²) in [6, 6.07) is 5.05. The number of amides is 3. The molecule has 3 N–H and O–H groups in total. The lowest BCUT2D eigenvalue weighted by molar-refractivity contribution is -0.125. The number of para-hydroxylation sites is 1. The molecular formula is C16H21N3O4. The predicted molar refractivity (Wildman–Crippen MR) is 84.3 cm³/mol. The molecule has 7 nitrogen and oxygen atoms in total. The fraction of sp³-hybridized carbons (Fsp3) is 0.500. The van der Waals surface area contributed by atoms with E-state index in [-0.39, 0.29) is 18.5 Å². The second-order valence-corrected chi connectivity index (χ2v) is 6.44. The molecule has 1 unspecified atom stereocenters. The Morgan fingerprint density at radius 3 is 3.00 bits per heavy atom. The number of rotatable bonds is 3. The van der Waals surface area contributed by atoms with Crippen molar-refractivity contribution in [3.8, 4) is 5.75 Å². The number of aliphatic hydroxyl groups is 1. The number of nitrogens with one attached hydrogen (secondary N) is 2. The van der Waals surface area contributed by atoms with E-state index in [1.54, 1.807) is 12.1 Å².